The first kappa shape index (κ1) is 6.62. The third-order valence-corrected chi connectivity index (χ3v) is 2.73. The Kier molecular flexibility index (Phi) is 1.91. The van der Waals surface area contributed by atoms with Gasteiger partial charge in [-0.25, -0.2) is 0 Å². The fourth-order valence-corrected chi connectivity index (χ4v) is 2.13. The van der Waals surface area contributed by atoms with Crippen LogP contribution in [0, 0.1) is 0 Å². The Bertz CT molecular complexity index is 102. The fourth-order valence-electron chi connectivity index (χ4n) is 2.13. The Morgan fingerprint density at radius 1 is 1.10 bits per heavy atom. The van der Waals surface area contributed by atoms with Crippen molar-refractivity contribution in [3.63, 3.8) is 0 Å². The highest BCUT2D eigenvalue weighted by molar-refractivity contribution is 4.82. The van der Waals surface area contributed by atoms with E-state index in [1.807, 2.05) is 0 Å². The van der Waals surface area contributed by atoms with Crippen molar-refractivity contribution in [1.82, 2.24) is 10.2 Å². The average Bonchev–Trinajstić information content (AvgIpc) is 2.28. The minimum Gasteiger partial charge on any atom is -0.315 e. The number of nitrogens with zero attached hydrogens (tertiary/aromatic N) is 1. The third kappa shape index (κ3) is 1.18. The second-order valence-electron chi connectivity index (χ2n) is 3.37. The van der Waals surface area contributed by atoms with E-state index in [2.05, 4.69) is 10.2 Å². The lowest BCUT2D eigenvalue weighted by atomic mass is 10.1. The summed E-state index contributed by atoms with van der Waals surface area (Å²) in [6.07, 6.45) is 4.26. The topological polar surface area (TPSA) is 15.3 Å². The molecule has 0 aromatic carbocycles. The van der Waals surface area contributed by atoms with Crippen LogP contribution >= 0.6 is 0 Å². The zero-order valence-electron chi connectivity index (χ0n) is 6.47. The van der Waals surface area contributed by atoms with Gasteiger partial charge in [-0.3, -0.25) is 4.90 Å². The van der Waals surface area contributed by atoms with Crippen molar-refractivity contribution in [3.05, 3.63) is 0 Å². The molecule has 0 spiro atoms. The Hall–Kier alpha value is -0.0800. The van der Waals surface area contributed by atoms with Crippen LogP contribution < -0.4 is 5.32 Å². The zero-order chi connectivity index (χ0) is 6.81. The summed E-state index contributed by atoms with van der Waals surface area (Å²) >= 11 is 0. The Labute approximate surface area is 62.6 Å². The highest BCUT2D eigenvalue weighted by Crippen LogP contribution is 2.19. The Balaban J connectivity index is 1.95. The summed E-state index contributed by atoms with van der Waals surface area (Å²) in [5.41, 5.74) is 0. The molecule has 2 nitrogen and oxygen atoms in total. The molecular formula is C8H16N2. The maximum absolute atomic E-state index is 3.43. The molecule has 1 atom stereocenters. The van der Waals surface area contributed by atoms with Crippen LogP contribution in [0.3, 0.4) is 0 Å². The first-order valence-corrected chi connectivity index (χ1v) is 4.41. The van der Waals surface area contributed by atoms with E-state index in [1.165, 1.54) is 45.4 Å². The molecule has 0 aromatic rings. The maximum atomic E-state index is 3.43. The zero-order valence-corrected chi connectivity index (χ0v) is 6.47. The number of rotatable bonds is 0. The van der Waals surface area contributed by atoms with E-state index in [0.717, 1.165) is 6.04 Å². The van der Waals surface area contributed by atoms with Crippen molar-refractivity contribution in [2.45, 2.75) is 25.3 Å². The predicted octanol–water partition coefficient (Wildman–Crippen LogP) is 0.444. The van der Waals surface area contributed by atoms with E-state index in [0.29, 0.717) is 0 Å². The molecule has 0 aromatic heterocycles. The van der Waals surface area contributed by atoms with Crippen LogP contribution in [0.25, 0.3) is 0 Å². The molecule has 2 fully saturated rings. The monoisotopic (exact) mass is 140 g/mol. The van der Waals surface area contributed by atoms with Crippen molar-refractivity contribution >= 4 is 0 Å². The van der Waals surface area contributed by atoms with Crippen molar-refractivity contribution in [3.8, 4) is 0 Å². The number of hydrogen-bond donors (Lipinski definition) is 1. The largest absolute Gasteiger partial charge is 0.315 e. The maximum Gasteiger partial charge on any atom is 0.0110 e. The van der Waals surface area contributed by atoms with Crippen LogP contribution in [0.15, 0.2) is 0 Å². The Morgan fingerprint density at radius 2 is 2.10 bits per heavy atom. The third-order valence-electron chi connectivity index (χ3n) is 2.73. The smallest absolute Gasteiger partial charge is 0.0110 e. The second kappa shape index (κ2) is 2.89. The Morgan fingerprint density at radius 3 is 3.10 bits per heavy atom. The highest BCUT2D eigenvalue weighted by Gasteiger charge is 2.24. The molecule has 1 N–H and O–H groups in total. The molecule has 2 heteroatoms. The average molecular weight is 140 g/mol. The lowest BCUT2D eigenvalue weighted by Gasteiger charge is -2.19. The normalized spacial score (nSPS) is 35.4. The highest BCUT2D eigenvalue weighted by atomic mass is 15.2. The second-order valence-corrected chi connectivity index (χ2v) is 3.37. The van der Waals surface area contributed by atoms with E-state index in [-0.39, 0.29) is 0 Å². The van der Waals surface area contributed by atoms with Crippen molar-refractivity contribution < 1.29 is 0 Å². The van der Waals surface area contributed by atoms with Crippen molar-refractivity contribution in [2.24, 2.45) is 0 Å². The van der Waals surface area contributed by atoms with Gasteiger partial charge in [0.1, 0.15) is 0 Å². The lowest BCUT2D eigenvalue weighted by Crippen LogP contribution is -2.30. The molecule has 2 aliphatic heterocycles. The lowest BCUT2D eigenvalue weighted by molar-refractivity contribution is 0.268. The van der Waals surface area contributed by atoms with Gasteiger partial charge in [-0.15, -0.1) is 0 Å². The standard InChI is InChI=1S/C8H16N2/c1-2-8-3-4-9-5-7-10(8)6-1/h8-9H,1-7H2/t8-/m1/s1. The molecule has 2 rings (SSSR count). The van der Waals surface area contributed by atoms with Crippen molar-refractivity contribution in [1.29, 1.82) is 0 Å². The van der Waals surface area contributed by atoms with Crippen LogP contribution in [-0.4, -0.2) is 37.1 Å². The minimum absolute atomic E-state index is 0.926. The molecule has 0 amide bonds. The molecule has 0 bridgehead atoms. The fraction of sp³-hybridized carbons (Fsp3) is 1.00. The van der Waals surface area contributed by atoms with Gasteiger partial charge in [0.15, 0.2) is 0 Å². The molecule has 10 heavy (non-hydrogen) atoms. The number of nitrogens with one attached hydrogen (secondary N) is 1. The summed E-state index contributed by atoms with van der Waals surface area (Å²) in [5.74, 6) is 0. The summed E-state index contributed by atoms with van der Waals surface area (Å²) in [7, 11) is 0. The van der Waals surface area contributed by atoms with Gasteiger partial charge in [-0.2, -0.15) is 0 Å². The van der Waals surface area contributed by atoms with Crippen LogP contribution in [0.2, 0.25) is 0 Å². The first-order valence-electron chi connectivity index (χ1n) is 4.41. The van der Waals surface area contributed by atoms with E-state index in [4.69, 9.17) is 0 Å². The first-order chi connectivity index (χ1) is 4.97. The van der Waals surface area contributed by atoms with E-state index in [1.54, 1.807) is 0 Å². The van der Waals surface area contributed by atoms with E-state index in [9.17, 15) is 0 Å². The van der Waals surface area contributed by atoms with Crippen LogP contribution in [0.4, 0.5) is 0 Å². The van der Waals surface area contributed by atoms with Gasteiger partial charge in [0.2, 0.25) is 0 Å². The van der Waals surface area contributed by atoms with Gasteiger partial charge in [-0.1, -0.05) is 0 Å². The minimum atomic E-state index is 0.926. The van der Waals surface area contributed by atoms with Gasteiger partial charge in [0.25, 0.3) is 0 Å². The quantitative estimate of drug-likeness (QED) is 0.525. The predicted molar refractivity (Wildman–Crippen MR) is 42.1 cm³/mol. The summed E-state index contributed by atoms with van der Waals surface area (Å²) < 4.78 is 0. The van der Waals surface area contributed by atoms with Gasteiger partial charge in [0.05, 0.1) is 0 Å². The SMILES string of the molecule is C1C[C@@H]2CCNCCN2C1. The van der Waals surface area contributed by atoms with E-state index < -0.39 is 0 Å². The molecule has 0 saturated carbocycles. The summed E-state index contributed by atoms with van der Waals surface area (Å²) in [5, 5.41) is 3.43. The van der Waals surface area contributed by atoms with E-state index >= 15 is 0 Å². The van der Waals surface area contributed by atoms with Gasteiger partial charge in [-0.05, 0) is 32.4 Å². The molecular weight excluding hydrogens is 124 g/mol. The van der Waals surface area contributed by atoms with Crippen LogP contribution in [-0.2, 0) is 0 Å². The molecule has 2 heterocycles. The van der Waals surface area contributed by atoms with Crippen LogP contribution in [0.5, 0.6) is 0 Å². The number of hydrogen-bond acceptors (Lipinski definition) is 2. The van der Waals surface area contributed by atoms with Gasteiger partial charge < -0.3 is 5.32 Å². The van der Waals surface area contributed by atoms with Gasteiger partial charge >= 0.3 is 0 Å². The molecule has 2 aliphatic rings. The molecule has 0 aliphatic carbocycles. The molecule has 58 valence electrons. The summed E-state index contributed by atoms with van der Waals surface area (Å²) in [4.78, 5) is 2.64. The summed E-state index contributed by atoms with van der Waals surface area (Å²) in [6, 6.07) is 0.926. The summed E-state index contributed by atoms with van der Waals surface area (Å²) in [6.45, 7) is 5.08. The van der Waals surface area contributed by atoms with Gasteiger partial charge in [0, 0.05) is 19.1 Å². The number of fused-ring (bicyclic) bond motifs is 1. The van der Waals surface area contributed by atoms with Crippen molar-refractivity contribution in [2.75, 3.05) is 26.2 Å². The molecule has 0 unspecified atom stereocenters. The molecule has 2 saturated heterocycles. The molecule has 0 radical (unpaired) electrons. The van der Waals surface area contributed by atoms with Crippen LogP contribution in [0.1, 0.15) is 19.3 Å².